The number of hydrogen-bond donors (Lipinski definition) is 1. The summed E-state index contributed by atoms with van der Waals surface area (Å²) >= 11 is 0. The summed E-state index contributed by atoms with van der Waals surface area (Å²) in [6.45, 7) is 4.17. The van der Waals surface area contributed by atoms with Gasteiger partial charge in [0.05, 0.1) is 14.2 Å². The molecule has 1 aromatic carbocycles. The maximum absolute atomic E-state index is 5.58. The highest BCUT2D eigenvalue weighted by atomic mass is 16.5. The molecule has 0 aliphatic carbocycles. The molecule has 0 bridgehead atoms. The molecule has 1 aliphatic rings. The molecule has 20 heavy (non-hydrogen) atoms. The summed E-state index contributed by atoms with van der Waals surface area (Å²) in [5, 5.41) is 0. The summed E-state index contributed by atoms with van der Waals surface area (Å²) in [5.74, 6) is 2.42. The SMILES string of the molecule is COc1ccc(CN2CCC(CCCN)C2)cc1OC. The number of ether oxygens (including phenoxy) is 2. The molecular weight excluding hydrogens is 252 g/mol. The zero-order valence-corrected chi connectivity index (χ0v) is 12.6. The van der Waals surface area contributed by atoms with Gasteiger partial charge in [0.25, 0.3) is 0 Å². The van der Waals surface area contributed by atoms with Gasteiger partial charge < -0.3 is 15.2 Å². The molecule has 1 fully saturated rings. The predicted molar refractivity (Wildman–Crippen MR) is 81.2 cm³/mol. The van der Waals surface area contributed by atoms with E-state index in [1.54, 1.807) is 14.2 Å². The Morgan fingerprint density at radius 1 is 1.25 bits per heavy atom. The second-order valence-corrected chi connectivity index (χ2v) is 5.51. The third-order valence-corrected chi connectivity index (χ3v) is 4.04. The molecule has 4 heteroatoms. The molecule has 2 N–H and O–H groups in total. The minimum atomic E-state index is 0.790. The van der Waals surface area contributed by atoms with Crippen LogP contribution in [0.4, 0.5) is 0 Å². The highest BCUT2D eigenvalue weighted by molar-refractivity contribution is 5.42. The summed E-state index contributed by atoms with van der Waals surface area (Å²) in [4.78, 5) is 2.52. The summed E-state index contributed by atoms with van der Waals surface area (Å²) < 4.78 is 10.6. The molecule has 0 saturated carbocycles. The van der Waals surface area contributed by atoms with E-state index in [2.05, 4.69) is 17.0 Å². The quantitative estimate of drug-likeness (QED) is 0.831. The van der Waals surface area contributed by atoms with Gasteiger partial charge in [-0.2, -0.15) is 0 Å². The van der Waals surface area contributed by atoms with E-state index in [1.165, 1.54) is 31.5 Å². The molecule has 1 aliphatic heterocycles. The number of hydrogen-bond acceptors (Lipinski definition) is 4. The van der Waals surface area contributed by atoms with Crippen LogP contribution in [0.2, 0.25) is 0 Å². The number of methoxy groups -OCH3 is 2. The van der Waals surface area contributed by atoms with Crippen LogP contribution < -0.4 is 15.2 Å². The third kappa shape index (κ3) is 3.87. The molecule has 0 spiro atoms. The molecule has 1 unspecified atom stereocenters. The van der Waals surface area contributed by atoms with Gasteiger partial charge in [0.1, 0.15) is 0 Å². The van der Waals surface area contributed by atoms with E-state index in [0.29, 0.717) is 0 Å². The molecule has 1 atom stereocenters. The van der Waals surface area contributed by atoms with Crippen molar-refractivity contribution < 1.29 is 9.47 Å². The van der Waals surface area contributed by atoms with Crippen LogP contribution in [0.1, 0.15) is 24.8 Å². The second kappa shape index (κ2) is 7.50. The van der Waals surface area contributed by atoms with Gasteiger partial charge in [-0.3, -0.25) is 4.90 Å². The Morgan fingerprint density at radius 2 is 2.05 bits per heavy atom. The minimum absolute atomic E-state index is 0.790. The number of likely N-dealkylation sites (tertiary alicyclic amines) is 1. The van der Waals surface area contributed by atoms with E-state index in [1.807, 2.05) is 6.07 Å². The Labute approximate surface area is 121 Å². The lowest BCUT2D eigenvalue weighted by atomic mass is 10.0. The standard InChI is InChI=1S/C16H26N2O2/c1-19-15-6-5-14(10-16(15)20-2)12-18-9-7-13(11-18)4-3-8-17/h5-6,10,13H,3-4,7-9,11-12,17H2,1-2H3. The molecule has 4 nitrogen and oxygen atoms in total. The molecule has 0 amide bonds. The second-order valence-electron chi connectivity index (χ2n) is 5.51. The zero-order chi connectivity index (χ0) is 14.4. The smallest absolute Gasteiger partial charge is 0.161 e. The van der Waals surface area contributed by atoms with Crippen molar-refractivity contribution >= 4 is 0 Å². The Bertz CT molecular complexity index is 423. The van der Waals surface area contributed by atoms with Gasteiger partial charge in [0.15, 0.2) is 11.5 Å². The fraction of sp³-hybridized carbons (Fsp3) is 0.625. The topological polar surface area (TPSA) is 47.7 Å². The van der Waals surface area contributed by atoms with Gasteiger partial charge in [0.2, 0.25) is 0 Å². The van der Waals surface area contributed by atoms with E-state index in [-0.39, 0.29) is 0 Å². The lowest BCUT2D eigenvalue weighted by molar-refractivity contribution is 0.310. The molecule has 2 rings (SSSR count). The number of benzene rings is 1. The normalized spacial score (nSPS) is 19.2. The first kappa shape index (κ1) is 15.1. The molecule has 1 heterocycles. The maximum atomic E-state index is 5.58. The average molecular weight is 278 g/mol. The summed E-state index contributed by atoms with van der Waals surface area (Å²) in [5.41, 5.74) is 6.86. The maximum Gasteiger partial charge on any atom is 0.161 e. The van der Waals surface area contributed by atoms with Gasteiger partial charge in [-0.25, -0.2) is 0 Å². The van der Waals surface area contributed by atoms with Gasteiger partial charge in [-0.1, -0.05) is 6.07 Å². The number of nitrogens with two attached hydrogens (primary N) is 1. The van der Waals surface area contributed by atoms with Crippen LogP contribution in [0.3, 0.4) is 0 Å². The highest BCUT2D eigenvalue weighted by Crippen LogP contribution is 2.29. The Hall–Kier alpha value is -1.26. The largest absolute Gasteiger partial charge is 0.493 e. The van der Waals surface area contributed by atoms with Crippen molar-refractivity contribution in [2.75, 3.05) is 33.9 Å². The van der Waals surface area contributed by atoms with Crippen LogP contribution in [0.25, 0.3) is 0 Å². The van der Waals surface area contributed by atoms with Gasteiger partial charge in [0, 0.05) is 13.1 Å². The van der Waals surface area contributed by atoms with Crippen molar-refractivity contribution in [2.45, 2.75) is 25.8 Å². The van der Waals surface area contributed by atoms with E-state index in [9.17, 15) is 0 Å². The van der Waals surface area contributed by atoms with Crippen molar-refractivity contribution in [3.63, 3.8) is 0 Å². The Kier molecular flexibility index (Phi) is 5.68. The lowest BCUT2D eigenvalue weighted by Gasteiger charge is -2.17. The average Bonchev–Trinajstić information content (AvgIpc) is 2.92. The fourth-order valence-electron chi connectivity index (χ4n) is 2.94. The summed E-state index contributed by atoms with van der Waals surface area (Å²) in [7, 11) is 3.35. The number of rotatable bonds is 7. The van der Waals surface area contributed by atoms with Gasteiger partial charge >= 0.3 is 0 Å². The van der Waals surface area contributed by atoms with Crippen LogP contribution in [0, 0.1) is 5.92 Å². The predicted octanol–water partition coefficient (Wildman–Crippen LogP) is 2.26. The van der Waals surface area contributed by atoms with Crippen molar-refractivity contribution in [3.05, 3.63) is 23.8 Å². The summed E-state index contributed by atoms with van der Waals surface area (Å²) in [6, 6.07) is 6.18. The van der Waals surface area contributed by atoms with Crippen LogP contribution in [0.5, 0.6) is 11.5 Å². The van der Waals surface area contributed by atoms with Gasteiger partial charge in [-0.15, -0.1) is 0 Å². The molecule has 0 aromatic heterocycles. The lowest BCUT2D eigenvalue weighted by Crippen LogP contribution is -2.20. The fourth-order valence-corrected chi connectivity index (χ4v) is 2.94. The zero-order valence-electron chi connectivity index (χ0n) is 12.6. The Balaban J connectivity index is 1.91. The van der Waals surface area contributed by atoms with Crippen molar-refractivity contribution in [3.8, 4) is 11.5 Å². The van der Waals surface area contributed by atoms with E-state index >= 15 is 0 Å². The first-order valence-corrected chi connectivity index (χ1v) is 7.40. The molecular formula is C16H26N2O2. The van der Waals surface area contributed by atoms with E-state index < -0.39 is 0 Å². The first-order chi connectivity index (χ1) is 9.76. The van der Waals surface area contributed by atoms with Crippen molar-refractivity contribution in [1.82, 2.24) is 4.90 Å². The summed E-state index contributed by atoms with van der Waals surface area (Å²) in [6.07, 6.45) is 3.71. The van der Waals surface area contributed by atoms with E-state index in [0.717, 1.165) is 36.9 Å². The molecule has 0 radical (unpaired) electrons. The third-order valence-electron chi connectivity index (χ3n) is 4.04. The monoisotopic (exact) mass is 278 g/mol. The highest BCUT2D eigenvalue weighted by Gasteiger charge is 2.22. The van der Waals surface area contributed by atoms with Crippen molar-refractivity contribution in [1.29, 1.82) is 0 Å². The first-order valence-electron chi connectivity index (χ1n) is 7.40. The molecule has 1 aromatic rings. The van der Waals surface area contributed by atoms with Crippen LogP contribution in [-0.2, 0) is 6.54 Å². The molecule has 1 saturated heterocycles. The molecule has 112 valence electrons. The van der Waals surface area contributed by atoms with Crippen LogP contribution in [0.15, 0.2) is 18.2 Å². The van der Waals surface area contributed by atoms with Crippen LogP contribution in [-0.4, -0.2) is 38.8 Å². The van der Waals surface area contributed by atoms with E-state index in [4.69, 9.17) is 15.2 Å². The minimum Gasteiger partial charge on any atom is -0.493 e. The Morgan fingerprint density at radius 3 is 2.75 bits per heavy atom. The van der Waals surface area contributed by atoms with Crippen molar-refractivity contribution in [2.24, 2.45) is 11.7 Å². The van der Waals surface area contributed by atoms with Crippen LogP contribution >= 0.6 is 0 Å². The number of nitrogens with zero attached hydrogens (tertiary/aromatic N) is 1. The van der Waals surface area contributed by atoms with Gasteiger partial charge in [-0.05, 0) is 56.0 Å².